The van der Waals surface area contributed by atoms with Gasteiger partial charge in [0.1, 0.15) is 36.3 Å². The number of hydrogen-bond donors (Lipinski definition) is 3. The van der Waals surface area contributed by atoms with Gasteiger partial charge in [-0.25, -0.2) is 4.79 Å². The second-order valence-electron chi connectivity index (χ2n) is 43.3. The molecular formula is C87H158N4O10. The smallest absolute Gasteiger partial charge is 0.334 e. The number of aliphatic carboxylic acids is 1. The minimum atomic E-state index is -0.714. The third kappa shape index (κ3) is 28.5. The van der Waals surface area contributed by atoms with Crippen LogP contribution in [0.2, 0.25) is 0 Å². The van der Waals surface area contributed by atoms with E-state index in [2.05, 4.69) is 314 Å². The SMILES string of the molecule is CC(=O)N1CCC(C(C)(C)C)=C1C(C)(C)C.CC(C)(C)C1=C(C(C)(C)C)C(=O)OC1.CC(C)(C)C1=C(C(C)(C)C)C(CC(=O)O)CN1.CC(C)(C)C1=C(C(C)(C)C)NOC1.CC(C)(C)C1=C(C(C)(C)C)OCC1.CC(C)(C)C1=C(C(C)(C)C)OCO1.CN1CCOC(C(C)(C)C)=C1C(C)(C)C. The number of carbonyl (C=O) groups is 3. The molecule has 1 unspecified atom stereocenters. The van der Waals surface area contributed by atoms with Crippen molar-refractivity contribution in [1.82, 2.24) is 20.6 Å². The van der Waals surface area contributed by atoms with Crippen LogP contribution >= 0.6 is 0 Å². The Bertz CT molecular complexity index is 2860. The molecule has 0 saturated carbocycles. The number of carboxylic acid groups (broad SMARTS) is 1. The molecule has 0 saturated heterocycles. The molecule has 1 atom stereocenters. The van der Waals surface area contributed by atoms with Gasteiger partial charge < -0.3 is 43.9 Å². The highest BCUT2D eigenvalue weighted by Crippen LogP contribution is 2.48. The van der Waals surface area contributed by atoms with Crippen molar-refractivity contribution in [2.24, 2.45) is 81.7 Å². The second kappa shape index (κ2) is 33.7. The molecule has 14 nitrogen and oxygen atoms in total. The van der Waals surface area contributed by atoms with E-state index >= 15 is 0 Å². The fourth-order valence-corrected chi connectivity index (χ4v) is 13.8. The lowest BCUT2D eigenvalue weighted by atomic mass is 9.74. The highest BCUT2D eigenvalue weighted by Gasteiger charge is 2.43. The standard InChI is InChI=1S/C14H25NO2.C14H25NO.C13H25NO.C12H20O2.C12H22O.C11H21NO.C11H20O2/c1-13(2,3)11-9(7-10(16)17)8-15-12(11)14(4,5)6;1-10(16)15-9-8-11(13(2,3)4)12(15)14(5,6)7;1-12(2,3)10-11(13(4,5)6)15-9-8-14(10)7;1-11(2,3)8-7-14-10(13)9(8)12(4,5)6;1-11(2,3)9-7-8-13-10(9)12(4,5)6;1-10(2,3)8-7-13-12-9(8)11(4,5)6;1-10(2,3)8-9(11(4,5)6)13-7-12-8/h9,15H,7-8H2,1-6H3,(H,16,17);8-9H2,1-7H3;8-9H2,1-7H3;7H2,1-6H3;7-8H2,1-6H3;12H,7H2,1-6H3;7H2,1-6H3. The molecule has 0 aliphatic carbocycles. The molecule has 7 heterocycles. The van der Waals surface area contributed by atoms with Crippen molar-refractivity contribution in [2.45, 2.75) is 317 Å². The van der Waals surface area contributed by atoms with E-state index in [1.165, 1.54) is 50.8 Å². The molecule has 0 aromatic rings. The number of nitrogens with zero attached hydrogens (tertiary/aromatic N) is 2. The fraction of sp³-hybridized carbons (Fsp3) is 0.805. The number of carboxylic acids is 1. The van der Waals surface area contributed by atoms with E-state index < -0.39 is 5.97 Å². The van der Waals surface area contributed by atoms with Crippen molar-refractivity contribution in [3.05, 3.63) is 79.3 Å². The number of rotatable bonds is 2. The molecule has 101 heavy (non-hydrogen) atoms. The van der Waals surface area contributed by atoms with Crippen LogP contribution in [-0.4, -0.2) is 92.7 Å². The van der Waals surface area contributed by atoms with E-state index in [0.717, 1.165) is 80.7 Å². The van der Waals surface area contributed by atoms with Crippen molar-refractivity contribution < 1.29 is 48.0 Å². The molecule has 0 spiro atoms. The van der Waals surface area contributed by atoms with Crippen LogP contribution in [0.25, 0.3) is 0 Å². The maximum Gasteiger partial charge on any atom is 0.334 e. The Morgan fingerprint density at radius 2 is 0.832 bits per heavy atom. The first-order valence-corrected chi connectivity index (χ1v) is 37.8. The Morgan fingerprint density at radius 1 is 0.416 bits per heavy atom. The number of carbonyl (C=O) groups excluding carboxylic acids is 2. The maximum atomic E-state index is 11.7. The number of ether oxygens (including phenoxy) is 5. The lowest BCUT2D eigenvalue weighted by Crippen LogP contribution is -2.38. The largest absolute Gasteiger partial charge is 0.497 e. The van der Waals surface area contributed by atoms with Gasteiger partial charge in [-0.15, -0.1) is 0 Å². The lowest BCUT2D eigenvalue weighted by Gasteiger charge is -2.41. The molecule has 7 aliphatic rings. The van der Waals surface area contributed by atoms with E-state index in [1.54, 1.807) is 6.92 Å². The van der Waals surface area contributed by atoms with Crippen molar-refractivity contribution in [1.29, 1.82) is 0 Å². The quantitative estimate of drug-likeness (QED) is 0.225. The normalized spacial score (nSPS) is 19.4. The van der Waals surface area contributed by atoms with Crippen LogP contribution in [0.5, 0.6) is 0 Å². The first-order chi connectivity index (χ1) is 44.5. The molecular weight excluding hydrogens is 1260 g/mol. The minimum absolute atomic E-state index is 0.0201. The third-order valence-corrected chi connectivity index (χ3v) is 18.3. The molecule has 1 amide bonds. The van der Waals surface area contributed by atoms with Crippen LogP contribution in [0.1, 0.15) is 317 Å². The summed E-state index contributed by atoms with van der Waals surface area (Å²) in [5.41, 5.74) is 17.0. The third-order valence-electron chi connectivity index (χ3n) is 18.3. The Kier molecular flexibility index (Phi) is 31.4. The van der Waals surface area contributed by atoms with Crippen LogP contribution in [-0.2, 0) is 42.9 Å². The molecule has 3 N–H and O–H groups in total. The van der Waals surface area contributed by atoms with Gasteiger partial charge >= 0.3 is 11.9 Å². The average molecular weight is 1420 g/mol. The Hall–Kier alpha value is -4.85. The van der Waals surface area contributed by atoms with Crippen LogP contribution in [0.15, 0.2) is 79.3 Å². The summed E-state index contributed by atoms with van der Waals surface area (Å²) in [5, 5.41) is 12.4. The summed E-state index contributed by atoms with van der Waals surface area (Å²) in [6.45, 7) is 99.3. The summed E-state index contributed by atoms with van der Waals surface area (Å²) in [6, 6.07) is 0. The Balaban J connectivity index is 0.000000590. The van der Waals surface area contributed by atoms with Crippen molar-refractivity contribution in [3.63, 3.8) is 0 Å². The van der Waals surface area contributed by atoms with Gasteiger partial charge in [0.25, 0.3) is 0 Å². The molecule has 586 valence electrons. The second-order valence-corrected chi connectivity index (χ2v) is 43.3. The van der Waals surface area contributed by atoms with Gasteiger partial charge in [-0.1, -0.05) is 291 Å². The number of cyclic esters (lactones) is 1. The number of allylic oxidation sites excluding steroid dienone is 8. The van der Waals surface area contributed by atoms with Crippen LogP contribution in [0.3, 0.4) is 0 Å². The number of esters is 1. The zero-order chi connectivity index (χ0) is 80.0. The zero-order valence-electron chi connectivity index (χ0n) is 73.9. The molecule has 0 fully saturated rings. The van der Waals surface area contributed by atoms with Crippen LogP contribution < -0.4 is 10.8 Å². The predicted molar refractivity (Wildman–Crippen MR) is 424 cm³/mol. The highest BCUT2D eigenvalue weighted by atomic mass is 16.7. The van der Waals surface area contributed by atoms with Crippen molar-refractivity contribution in [2.75, 3.05) is 59.9 Å². The molecule has 7 rings (SSSR count). The minimum Gasteiger partial charge on any atom is -0.497 e. The molecule has 0 bridgehead atoms. The number of likely N-dealkylation sites (N-methyl/N-ethyl adjacent to an activating group) is 1. The van der Waals surface area contributed by atoms with Gasteiger partial charge in [-0.3, -0.25) is 19.9 Å². The average Bonchev–Trinajstić information content (AvgIpc) is 1.79. The van der Waals surface area contributed by atoms with E-state index in [4.69, 9.17) is 33.6 Å². The summed E-state index contributed by atoms with van der Waals surface area (Å²) in [7, 11) is 2.16. The van der Waals surface area contributed by atoms with Gasteiger partial charge in [0.05, 0.1) is 31.9 Å². The molecule has 7 aliphatic heterocycles. The van der Waals surface area contributed by atoms with Gasteiger partial charge in [0.2, 0.25) is 12.7 Å². The topological polar surface area (TPSA) is 157 Å². The predicted octanol–water partition coefficient (Wildman–Crippen LogP) is 22.7. The highest BCUT2D eigenvalue weighted by molar-refractivity contribution is 5.93. The van der Waals surface area contributed by atoms with Gasteiger partial charge in [-0.2, -0.15) is 0 Å². The molecule has 0 aromatic heterocycles. The van der Waals surface area contributed by atoms with E-state index in [0.29, 0.717) is 13.4 Å². The van der Waals surface area contributed by atoms with E-state index in [1.807, 2.05) is 4.90 Å². The summed E-state index contributed by atoms with van der Waals surface area (Å²) in [6.07, 6.45) is 2.35. The van der Waals surface area contributed by atoms with Crippen LogP contribution in [0.4, 0.5) is 0 Å². The number of hydroxylamine groups is 1. The number of hydrogen-bond acceptors (Lipinski definition) is 12. The van der Waals surface area contributed by atoms with Crippen LogP contribution in [0, 0.1) is 81.7 Å². The monoisotopic (exact) mass is 1420 g/mol. The number of nitrogens with one attached hydrogen (secondary N) is 2. The van der Waals surface area contributed by atoms with Crippen molar-refractivity contribution in [3.8, 4) is 0 Å². The summed E-state index contributed by atoms with van der Waals surface area (Å²) >= 11 is 0. The molecule has 0 aromatic carbocycles. The van der Waals surface area contributed by atoms with Gasteiger partial charge in [0.15, 0.2) is 0 Å². The fourth-order valence-electron chi connectivity index (χ4n) is 13.8. The van der Waals surface area contributed by atoms with Gasteiger partial charge in [0, 0.05) is 105 Å². The maximum absolute atomic E-state index is 11.7. The van der Waals surface area contributed by atoms with E-state index in [-0.39, 0.29) is 100 Å². The summed E-state index contributed by atoms with van der Waals surface area (Å²) in [5.74, 6) is 3.82. The first kappa shape index (κ1) is 94.2. The summed E-state index contributed by atoms with van der Waals surface area (Å²) < 4.78 is 27.8. The summed E-state index contributed by atoms with van der Waals surface area (Å²) in [4.78, 5) is 43.8. The Morgan fingerprint density at radius 3 is 1.14 bits per heavy atom. The molecule has 14 heteroatoms. The van der Waals surface area contributed by atoms with Gasteiger partial charge in [-0.05, 0) is 66.8 Å². The van der Waals surface area contributed by atoms with E-state index in [9.17, 15) is 14.4 Å². The Labute approximate surface area is 621 Å². The van der Waals surface area contributed by atoms with Crippen molar-refractivity contribution >= 4 is 17.8 Å². The number of amides is 1. The lowest BCUT2D eigenvalue weighted by molar-refractivity contribution is -0.138. The molecule has 0 radical (unpaired) electrons. The first-order valence-electron chi connectivity index (χ1n) is 37.8. The zero-order valence-corrected chi connectivity index (χ0v) is 73.9.